The van der Waals surface area contributed by atoms with Crippen molar-refractivity contribution in [2.24, 2.45) is 5.41 Å². The third kappa shape index (κ3) is 4.59. The van der Waals surface area contributed by atoms with E-state index in [1.165, 1.54) is 13.2 Å². The molecular formula is C31H28Cl2N4O5. The van der Waals surface area contributed by atoms with Gasteiger partial charge in [0.2, 0.25) is 11.7 Å². The number of pyridine rings is 1. The van der Waals surface area contributed by atoms with Crippen molar-refractivity contribution in [2.75, 3.05) is 7.11 Å². The zero-order valence-corrected chi connectivity index (χ0v) is 24.4. The topological polar surface area (TPSA) is 124 Å². The number of fused-ring (bicyclic) bond motifs is 3. The lowest BCUT2D eigenvalue weighted by Gasteiger charge is -2.50. The molecule has 0 saturated heterocycles. The number of aromatic carboxylic acids is 1. The Labute approximate surface area is 251 Å². The lowest BCUT2D eigenvalue weighted by Crippen LogP contribution is -2.43. The van der Waals surface area contributed by atoms with E-state index in [0.717, 1.165) is 62.7 Å². The molecule has 8 rings (SSSR count). The molecule has 1 N–H and O–H groups in total. The minimum Gasteiger partial charge on any atom is -0.496 e. The van der Waals surface area contributed by atoms with E-state index in [4.69, 9.17) is 42.0 Å². The van der Waals surface area contributed by atoms with Gasteiger partial charge in [-0.1, -0.05) is 45.7 Å². The summed E-state index contributed by atoms with van der Waals surface area (Å²) in [5.41, 5.74) is 2.76. The Morgan fingerprint density at radius 3 is 2.40 bits per heavy atom. The Hall–Kier alpha value is -3.69. The summed E-state index contributed by atoms with van der Waals surface area (Å²) >= 11 is 13.0. The van der Waals surface area contributed by atoms with Crippen molar-refractivity contribution in [2.45, 2.75) is 62.7 Å². The normalized spacial score (nSPS) is 23.5. The fourth-order valence-corrected chi connectivity index (χ4v) is 7.09. The lowest BCUT2D eigenvalue weighted by atomic mass is 9.53. The number of rotatable bonds is 8. The number of carboxylic acids is 1. The van der Waals surface area contributed by atoms with Crippen molar-refractivity contribution in [3.05, 3.63) is 69.5 Å². The highest BCUT2D eigenvalue weighted by Crippen LogP contribution is 2.58. The maximum Gasteiger partial charge on any atom is 0.339 e. The smallest absolute Gasteiger partial charge is 0.339 e. The number of carboxylic acid groups (broad SMARTS) is 1. The van der Waals surface area contributed by atoms with Crippen molar-refractivity contribution >= 4 is 35.2 Å². The monoisotopic (exact) mass is 606 g/mol. The maximum absolute atomic E-state index is 11.7. The van der Waals surface area contributed by atoms with Crippen LogP contribution in [0.5, 0.6) is 5.75 Å². The highest BCUT2D eigenvalue weighted by Gasteiger charge is 2.51. The number of hydrogen-bond donors (Lipinski definition) is 1. The van der Waals surface area contributed by atoms with Crippen LogP contribution in [0, 0.1) is 5.41 Å². The standard InChI is InChI=1S/C31H28Cl2N4O5/c1-40-23-5-4-18(14-20(23)28(38)39)27-35-29(42-37-27)31-11-8-30(9-12-31,10-13-31)7-6-19-25(36-41-26(19)17-2-3-17)24-21(32)15-34-16-22(24)33/h4-7,14-17H,2-3,8-13H2,1H3,(H,38,39)/b7-6+. The second-order valence-electron chi connectivity index (χ2n) is 11.7. The van der Waals surface area contributed by atoms with Crippen molar-refractivity contribution < 1.29 is 23.7 Å². The molecule has 0 aliphatic heterocycles. The fourth-order valence-electron chi connectivity index (χ4n) is 6.54. The number of ether oxygens (including phenoxy) is 1. The molecule has 2 bridgehead atoms. The first-order valence-electron chi connectivity index (χ1n) is 14.1. The average molecular weight is 607 g/mol. The highest BCUT2D eigenvalue weighted by atomic mass is 35.5. The van der Waals surface area contributed by atoms with Crippen LogP contribution in [0.15, 0.2) is 45.7 Å². The van der Waals surface area contributed by atoms with Crippen molar-refractivity contribution in [3.63, 3.8) is 0 Å². The fraction of sp³-hybridized carbons (Fsp3) is 0.387. The number of nitrogens with zero attached hydrogens (tertiary/aromatic N) is 4. The first kappa shape index (κ1) is 27.2. The number of allylic oxidation sites excluding steroid dienone is 1. The second kappa shape index (κ2) is 10.2. The molecule has 42 heavy (non-hydrogen) atoms. The van der Waals surface area contributed by atoms with Crippen LogP contribution in [0.25, 0.3) is 28.7 Å². The molecule has 3 heterocycles. The number of carbonyl (C=O) groups is 1. The van der Waals surface area contributed by atoms with Gasteiger partial charge in [0, 0.05) is 40.4 Å². The van der Waals surface area contributed by atoms with Crippen LogP contribution >= 0.6 is 23.2 Å². The van der Waals surface area contributed by atoms with E-state index in [1.54, 1.807) is 24.5 Å². The first-order chi connectivity index (χ1) is 20.3. The Bertz CT molecular complexity index is 1680. The van der Waals surface area contributed by atoms with E-state index < -0.39 is 5.97 Å². The third-order valence-corrected chi connectivity index (χ3v) is 9.84. The summed E-state index contributed by atoms with van der Waals surface area (Å²) in [6.45, 7) is 0. The summed E-state index contributed by atoms with van der Waals surface area (Å²) in [7, 11) is 1.44. The zero-order valence-electron chi connectivity index (χ0n) is 22.9. The van der Waals surface area contributed by atoms with E-state index in [2.05, 4.69) is 27.4 Å². The lowest BCUT2D eigenvalue weighted by molar-refractivity contribution is 0.0569. The number of aromatic nitrogens is 4. The molecule has 1 aromatic carbocycles. The van der Waals surface area contributed by atoms with Crippen LogP contribution in [0.2, 0.25) is 10.0 Å². The number of benzene rings is 1. The van der Waals surface area contributed by atoms with Gasteiger partial charge >= 0.3 is 5.97 Å². The Balaban J connectivity index is 1.13. The maximum atomic E-state index is 11.7. The molecule has 4 aromatic rings. The summed E-state index contributed by atoms with van der Waals surface area (Å²) in [6.07, 6.45) is 15.6. The van der Waals surface area contributed by atoms with Crippen LogP contribution in [-0.4, -0.2) is 38.5 Å². The molecule has 0 radical (unpaired) electrons. The first-order valence-corrected chi connectivity index (χ1v) is 14.8. The zero-order chi connectivity index (χ0) is 29.1. The molecule has 11 heteroatoms. The Morgan fingerprint density at radius 2 is 1.76 bits per heavy atom. The van der Waals surface area contributed by atoms with Gasteiger partial charge in [0.1, 0.15) is 22.8 Å². The van der Waals surface area contributed by atoms with Gasteiger partial charge < -0.3 is 18.9 Å². The van der Waals surface area contributed by atoms with E-state index in [-0.39, 0.29) is 22.1 Å². The number of hydrogen-bond acceptors (Lipinski definition) is 8. The predicted octanol–water partition coefficient (Wildman–Crippen LogP) is 7.98. The molecule has 4 aliphatic rings. The molecule has 4 aliphatic carbocycles. The quantitative estimate of drug-likeness (QED) is 0.212. The number of halogens is 2. The molecule has 0 spiro atoms. The molecule has 4 saturated carbocycles. The van der Waals surface area contributed by atoms with Crippen molar-refractivity contribution in [3.8, 4) is 28.4 Å². The molecule has 3 aromatic heterocycles. The Kier molecular flexibility index (Phi) is 6.62. The molecule has 0 atom stereocenters. The van der Waals surface area contributed by atoms with Crippen molar-refractivity contribution in [1.82, 2.24) is 20.3 Å². The van der Waals surface area contributed by atoms with Crippen LogP contribution in [0.4, 0.5) is 0 Å². The molecule has 9 nitrogen and oxygen atoms in total. The average Bonchev–Trinajstić information content (AvgIpc) is 3.56. The van der Waals surface area contributed by atoms with Crippen LogP contribution in [-0.2, 0) is 5.41 Å². The highest BCUT2D eigenvalue weighted by molar-refractivity contribution is 6.39. The van der Waals surface area contributed by atoms with Gasteiger partial charge in [0.05, 0.1) is 17.2 Å². The molecule has 216 valence electrons. The minimum absolute atomic E-state index is 0.0537. The summed E-state index contributed by atoms with van der Waals surface area (Å²) in [4.78, 5) is 20.5. The summed E-state index contributed by atoms with van der Waals surface area (Å²) < 4.78 is 16.8. The minimum atomic E-state index is -1.07. The second-order valence-corrected chi connectivity index (χ2v) is 12.5. The van der Waals surface area contributed by atoms with Crippen molar-refractivity contribution in [1.29, 1.82) is 0 Å². The van der Waals surface area contributed by atoms with E-state index >= 15 is 0 Å². The summed E-state index contributed by atoms with van der Waals surface area (Å²) in [6, 6.07) is 4.88. The third-order valence-electron chi connectivity index (χ3n) is 9.27. The van der Waals surface area contributed by atoms with Gasteiger partial charge in [0.15, 0.2) is 0 Å². The van der Waals surface area contributed by atoms with Gasteiger partial charge in [-0.3, -0.25) is 4.98 Å². The van der Waals surface area contributed by atoms with Gasteiger partial charge in [-0.15, -0.1) is 0 Å². The van der Waals surface area contributed by atoms with Gasteiger partial charge in [0.25, 0.3) is 0 Å². The van der Waals surface area contributed by atoms with Gasteiger partial charge in [-0.05, 0) is 75.0 Å². The molecule has 4 fully saturated rings. The van der Waals surface area contributed by atoms with Gasteiger partial charge in [-0.2, -0.15) is 4.98 Å². The van der Waals surface area contributed by atoms with Crippen LogP contribution in [0.1, 0.15) is 84.9 Å². The molecule has 0 unspecified atom stereocenters. The largest absolute Gasteiger partial charge is 0.496 e. The predicted molar refractivity (Wildman–Crippen MR) is 156 cm³/mol. The number of methoxy groups -OCH3 is 1. The van der Waals surface area contributed by atoms with Crippen LogP contribution in [0.3, 0.4) is 0 Å². The van der Waals surface area contributed by atoms with Crippen LogP contribution < -0.4 is 4.74 Å². The van der Waals surface area contributed by atoms with Gasteiger partial charge in [-0.25, -0.2) is 4.79 Å². The van der Waals surface area contributed by atoms with E-state index in [9.17, 15) is 9.90 Å². The summed E-state index contributed by atoms with van der Waals surface area (Å²) in [5.74, 6) is 1.49. The molecule has 0 amide bonds. The Morgan fingerprint density at radius 1 is 1.05 bits per heavy atom. The van der Waals surface area contributed by atoms with E-state index in [0.29, 0.717) is 44.5 Å². The SMILES string of the molecule is COc1ccc(-c2noc(C34CCC(/C=C/c5c(-c6c(Cl)cncc6Cl)noc5C5CC5)(CC3)CC4)n2)cc1C(=O)O. The molecular weight excluding hydrogens is 579 g/mol. The summed E-state index contributed by atoms with van der Waals surface area (Å²) in [5, 5.41) is 19.1. The van der Waals surface area contributed by atoms with E-state index in [1.807, 2.05) is 0 Å².